The molecule has 0 unspecified atom stereocenters. The molecule has 0 bridgehead atoms. The summed E-state index contributed by atoms with van der Waals surface area (Å²) in [6.45, 7) is 0. The first-order valence-corrected chi connectivity index (χ1v) is 17.9. The van der Waals surface area contributed by atoms with Gasteiger partial charge in [0.15, 0.2) is 17.5 Å². The maximum absolute atomic E-state index is 5.09. The van der Waals surface area contributed by atoms with Gasteiger partial charge in [-0.15, -0.1) is 0 Å². The molecule has 248 valence electrons. The molecule has 10 rings (SSSR count). The van der Waals surface area contributed by atoms with Crippen LogP contribution in [-0.2, 0) is 0 Å². The molecule has 10 aromatic rings. The van der Waals surface area contributed by atoms with E-state index in [1.165, 1.54) is 32.6 Å². The van der Waals surface area contributed by atoms with Gasteiger partial charge >= 0.3 is 0 Å². The summed E-state index contributed by atoms with van der Waals surface area (Å²) in [7, 11) is 0. The SMILES string of the molecule is c1ccc(-c2nc(-c3ccccc3)nc(-c3ccc(-c4ccccc4)c(-c4cc(-n5c6ccccc6c6ccccc65)c5ccccc5c4)c3)n2)cc1. The van der Waals surface area contributed by atoms with Gasteiger partial charge in [-0.1, -0.05) is 164 Å². The number of rotatable bonds is 6. The first-order chi connectivity index (χ1) is 26.3. The summed E-state index contributed by atoms with van der Waals surface area (Å²) >= 11 is 0. The standard InChI is InChI=1S/C49H32N4/c1-4-16-33(17-5-1)39-29-28-37(49-51-47(34-18-6-2-7-19-34)50-48(52-49)35-20-8-3-9-21-35)31-43(39)38-30-36-22-10-11-23-40(36)46(32-38)53-44-26-14-12-24-41(44)42-25-13-15-27-45(42)53/h1-32H. The number of para-hydroxylation sites is 2. The highest BCUT2D eigenvalue weighted by Crippen LogP contribution is 2.41. The van der Waals surface area contributed by atoms with Crippen LogP contribution in [-0.4, -0.2) is 19.5 Å². The number of aromatic nitrogens is 4. The predicted molar refractivity (Wildman–Crippen MR) is 219 cm³/mol. The van der Waals surface area contributed by atoms with Crippen LogP contribution in [0, 0.1) is 0 Å². The molecule has 0 amide bonds. The summed E-state index contributed by atoms with van der Waals surface area (Å²) in [4.78, 5) is 15.1. The minimum Gasteiger partial charge on any atom is -0.309 e. The second-order valence-electron chi connectivity index (χ2n) is 13.3. The summed E-state index contributed by atoms with van der Waals surface area (Å²) in [6, 6.07) is 68.2. The Morgan fingerprint density at radius 3 is 1.36 bits per heavy atom. The Kier molecular flexibility index (Phi) is 7.43. The van der Waals surface area contributed by atoms with E-state index in [9.17, 15) is 0 Å². The van der Waals surface area contributed by atoms with Crippen molar-refractivity contribution in [1.29, 1.82) is 0 Å². The Balaban J connectivity index is 1.24. The van der Waals surface area contributed by atoms with Crippen LogP contribution < -0.4 is 0 Å². The van der Waals surface area contributed by atoms with Crippen molar-refractivity contribution in [2.75, 3.05) is 0 Å². The van der Waals surface area contributed by atoms with E-state index in [1.54, 1.807) is 0 Å². The number of hydrogen-bond acceptors (Lipinski definition) is 3. The largest absolute Gasteiger partial charge is 0.309 e. The van der Waals surface area contributed by atoms with E-state index in [-0.39, 0.29) is 0 Å². The molecule has 0 aliphatic carbocycles. The fourth-order valence-corrected chi connectivity index (χ4v) is 7.54. The molecule has 0 spiro atoms. The third kappa shape index (κ3) is 5.45. The first kappa shape index (κ1) is 30.6. The molecule has 0 atom stereocenters. The van der Waals surface area contributed by atoms with Crippen LogP contribution in [0.5, 0.6) is 0 Å². The fraction of sp³-hybridized carbons (Fsp3) is 0. The van der Waals surface area contributed by atoms with E-state index in [4.69, 9.17) is 15.0 Å². The first-order valence-electron chi connectivity index (χ1n) is 17.9. The van der Waals surface area contributed by atoms with Gasteiger partial charge < -0.3 is 4.57 Å². The van der Waals surface area contributed by atoms with Gasteiger partial charge in [-0.05, 0) is 58.0 Å². The lowest BCUT2D eigenvalue weighted by Crippen LogP contribution is -2.01. The number of hydrogen-bond donors (Lipinski definition) is 0. The lowest BCUT2D eigenvalue weighted by atomic mass is 9.91. The zero-order valence-electron chi connectivity index (χ0n) is 28.8. The van der Waals surface area contributed by atoms with E-state index in [0.717, 1.165) is 44.6 Å². The lowest BCUT2D eigenvalue weighted by molar-refractivity contribution is 1.07. The topological polar surface area (TPSA) is 43.6 Å². The van der Waals surface area contributed by atoms with Crippen LogP contribution in [0.1, 0.15) is 0 Å². The van der Waals surface area contributed by atoms with Gasteiger partial charge in [0, 0.05) is 32.8 Å². The lowest BCUT2D eigenvalue weighted by Gasteiger charge is -2.17. The van der Waals surface area contributed by atoms with E-state index >= 15 is 0 Å². The Labute approximate surface area is 307 Å². The van der Waals surface area contributed by atoms with E-state index in [1.807, 2.05) is 60.7 Å². The molecule has 4 heteroatoms. The van der Waals surface area contributed by atoms with Gasteiger partial charge in [0.05, 0.1) is 16.7 Å². The summed E-state index contributed by atoms with van der Waals surface area (Å²) in [5, 5.41) is 4.84. The monoisotopic (exact) mass is 676 g/mol. The molecule has 0 saturated carbocycles. The second kappa shape index (κ2) is 12.9. The summed E-state index contributed by atoms with van der Waals surface area (Å²) in [6.07, 6.45) is 0. The Bertz CT molecular complexity index is 2820. The zero-order valence-corrected chi connectivity index (χ0v) is 28.8. The van der Waals surface area contributed by atoms with Crippen molar-refractivity contribution in [2.24, 2.45) is 0 Å². The molecule has 0 saturated heterocycles. The molecule has 0 N–H and O–H groups in total. The van der Waals surface area contributed by atoms with Crippen LogP contribution in [0.25, 0.3) is 94.7 Å². The molecule has 0 radical (unpaired) electrons. The molecular formula is C49H32N4. The fourth-order valence-electron chi connectivity index (χ4n) is 7.54. The van der Waals surface area contributed by atoms with Gasteiger partial charge in [-0.25, -0.2) is 15.0 Å². The smallest absolute Gasteiger partial charge is 0.164 e. The molecule has 0 aliphatic heterocycles. The van der Waals surface area contributed by atoms with Gasteiger partial charge in [-0.3, -0.25) is 0 Å². The van der Waals surface area contributed by atoms with Crippen molar-refractivity contribution in [3.8, 4) is 62.1 Å². The van der Waals surface area contributed by atoms with Gasteiger partial charge in [0.25, 0.3) is 0 Å². The van der Waals surface area contributed by atoms with Crippen LogP contribution in [0.3, 0.4) is 0 Å². The highest BCUT2D eigenvalue weighted by atomic mass is 15.0. The average molecular weight is 677 g/mol. The van der Waals surface area contributed by atoms with Crippen molar-refractivity contribution in [1.82, 2.24) is 19.5 Å². The Morgan fingerprint density at radius 2 is 0.774 bits per heavy atom. The van der Waals surface area contributed by atoms with Crippen molar-refractivity contribution in [3.63, 3.8) is 0 Å². The van der Waals surface area contributed by atoms with Gasteiger partial charge in [0.1, 0.15) is 0 Å². The van der Waals surface area contributed by atoms with Crippen LogP contribution in [0.2, 0.25) is 0 Å². The summed E-state index contributed by atoms with van der Waals surface area (Å²) in [5.74, 6) is 1.91. The third-order valence-electron chi connectivity index (χ3n) is 10.0. The predicted octanol–water partition coefficient (Wildman–Crippen LogP) is 12.5. The van der Waals surface area contributed by atoms with Crippen LogP contribution in [0.4, 0.5) is 0 Å². The minimum absolute atomic E-state index is 0.627. The summed E-state index contributed by atoms with van der Waals surface area (Å²) < 4.78 is 2.42. The zero-order chi connectivity index (χ0) is 35.1. The van der Waals surface area contributed by atoms with Crippen LogP contribution >= 0.6 is 0 Å². The number of fused-ring (bicyclic) bond motifs is 4. The van der Waals surface area contributed by atoms with E-state index in [2.05, 4.69) is 138 Å². The molecule has 0 aliphatic rings. The molecular weight excluding hydrogens is 645 g/mol. The normalized spacial score (nSPS) is 11.4. The molecule has 4 nitrogen and oxygen atoms in total. The molecule has 2 aromatic heterocycles. The number of benzene rings is 8. The molecule has 2 heterocycles. The van der Waals surface area contributed by atoms with E-state index < -0.39 is 0 Å². The van der Waals surface area contributed by atoms with Crippen LogP contribution in [0.15, 0.2) is 194 Å². The maximum Gasteiger partial charge on any atom is 0.164 e. The Morgan fingerprint density at radius 1 is 0.302 bits per heavy atom. The molecule has 0 fully saturated rings. The summed E-state index contributed by atoms with van der Waals surface area (Å²) in [5.41, 5.74) is 10.8. The van der Waals surface area contributed by atoms with E-state index in [0.29, 0.717) is 17.5 Å². The highest BCUT2D eigenvalue weighted by molar-refractivity contribution is 6.11. The highest BCUT2D eigenvalue weighted by Gasteiger charge is 2.19. The number of nitrogens with zero attached hydrogens (tertiary/aromatic N) is 4. The van der Waals surface area contributed by atoms with Crippen molar-refractivity contribution < 1.29 is 0 Å². The van der Waals surface area contributed by atoms with Crippen molar-refractivity contribution in [2.45, 2.75) is 0 Å². The second-order valence-corrected chi connectivity index (χ2v) is 13.3. The Hall–Kier alpha value is -7.17. The third-order valence-corrected chi connectivity index (χ3v) is 10.0. The molecule has 8 aromatic carbocycles. The molecule has 53 heavy (non-hydrogen) atoms. The van der Waals surface area contributed by atoms with Gasteiger partial charge in [-0.2, -0.15) is 0 Å². The average Bonchev–Trinajstić information content (AvgIpc) is 3.58. The van der Waals surface area contributed by atoms with Crippen molar-refractivity contribution >= 4 is 32.6 Å². The van der Waals surface area contributed by atoms with Crippen molar-refractivity contribution in [3.05, 3.63) is 194 Å². The van der Waals surface area contributed by atoms with Gasteiger partial charge in [0.2, 0.25) is 0 Å². The maximum atomic E-state index is 5.09. The minimum atomic E-state index is 0.627. The quantitative estimate of drug-likeness (QED) is 0.176.